The van der Waals surface area contributed by atoms with Gasteiger partial charge >= 0.3 is 0 Å². The molecule has 7 heteroatoms. The van der Waals surface area contributed by atoms with Crippen molar-refractivity contribution >= 4 is 26.0 Å². The lowest BCUT2D eigenvalue weighted by Crippen LogP contribution is -2.47. The molecule has 21 heavy (non-hydrogen) atoms. The number of nitrogens with one attached hydrogen (secondary N) is 1. The van der Waals surface area contributed by atoms with Gasteiger partial charge in [-0.25, -0.2) is 17.5 Å². The van der Waals surface area contributed by atoms with Crippen molar-refractivity contribution in [1.82, 2.24) is 4.72 Å². The predicted molar refractivity (Wildman–Crippen MR) is 81.8 cm³/mol. The van der Waals surface area contributed by atoms with Gasteiger partial charge in [0.2, 0.25) is 10.0 Å². The van der Waals surface area contributed by atoms with E-state index >= 15 is 0 Å². The van der Waals surface area contributed by atoms with E-state index in [0.717, 1.165) is 32.1 Å². The van der Waals surface area contributed by atoms with Gasteiger partial charge in [-0.05, 0) is 31.9 Å². The van der Waals surface area contributed by atoms with Crippen LogP contribution in [0.1, 0.15) is 44.6 Å². The summed E-state index contributed by atoms with van der Waals surface area (Å²) in [6, 6.07) is 2.60. The number of aliphatic hydroxyl groups excluding tert-OH is 1. The quantitative estimate of drug-likeness (QED) is 0.844. The summed E-state index contributed by atoms with van der Waals surface area (Å²) in [7, 11) is -3.97. The molecule has 0 bridgehead atoms. The molecule has 1 aromatic carbocycles. The minimum Gasteiger partial charge on any atom is -0.392 e. The number of aliphatic hydroxyl groups is 1. The Hall–Kier alpha value is -0.500. The minimum atomic E-state index is -3.97. The van der Waals surface area contributed by atoms with E-state index in [9.17, 15) is 12.8 Å². The zero-order valence-electron chi connectivity index (χ0n) is 11.8. The predicted octanol–water partition coefficient (Wildman–Crippen LogP) is 3.08. The fraction of sp³-hybridized carbons (Fsp3) is 0.571. The molecule has 1 saturated carbocycles. The van der Waals surface area contributed by atoms with Crippen LogP contribution in [-0.4, -0.2) is 19.1 Å². The molecule has 0 unspecified atom stereocenters. The lowest BCUT2D eigenvalue weighted by Gasteiger charge is -2.34. The molecule has 0 amide bonds. The Bertz CT molecular complexity index is 627. The van der Waals surface area contributed by atoms with Gasteiger partial charge in [0, 0.05) is 15.6 Å². The molecule has 2 rings (SSSR count). The van der Waals surface area contributed by atoms with Crippen LogP contribution in [0.2, 0.25) is 0 Å². The molecule has 0 saturated heterocycles. The maximum Gasteiger partial charge on any atom is 0.244 e. The molecule has 0 spiro atoms. The normalized spacial score (nSPS) is 18.7. The number of hydrogen-bond donors (Lipinski definition) is 2. The second-order valence-corrected chi connectivity index (χ2v) is 8.33. The second-order valence-electron chi connectivity index (χ2n) is 5.76. The highest BCUT2D eigenvalue weighted by Crippen LogP contribution is 2.31. The number of hydrogen-bond acceptors (Lipinski definition) is 3. The smallest absolute Gasteiger partial charge is 0.244 e. The van der Waals surface area contributed by atoms with Crippen LogP contribution in [0.5, 0.6) is 0 Å². The summed E-state index contributed by atoms with van der Waals surface area (Å²) < 4.78 is 42.3. The van der Waals surface area contributed by atoms with Crippen LogP contribution in [0.4, 0.5) is 4.39 Å². The Labute approximate surface area is 132 Å². The van der Waals surface area contributed by atoms with Crippen molar-refractivity contribution in [3.63, 3.8) is 0 Å². The van der Waals surface area contributed by atoms with Gasteiger partial charge in [0.1, 0.15) is 10.7 Å². The Morgan fingerprint density at radius 1 is 1.33 bits per heavy atom. The molecule has 0 atom stereocenters. The maximum atomic E-state index is 14.2. The van der Waals surface area contributed by atoms with Gasteiger partial charge in [0.05, 0.1) is 6.61 Å². The summed E-state index contributed by atoms with van der Waals surface area (Å²) >= 11 is 3.15. The fourth-order valence-corrected chi connectivity index (χ4v) is 5.01. The highest BCUT2D eigenvalue weighted by Gasteiger charge is 2.33. The van der Waals surface area contributed by atoms with Crippen LogP contribution in [0.15, 0.2) is 21.5 Å². The number of rotatable bonds is 4. The third-order valence-corrected chi connectivity index (χ3v) is 5.97. The summed E-state index contributed by atoms with van der Waals surface area (Å²) in [5, 5.41) is 9.13. The molecular formula is C14H19BrFNO3S. The van der Waals surface area contributed by atoms with E-state index in [1.807, 2.05) is 6.92 Å². The number of benzene rings is 1. The monoisotopic (exact) mass is 379 g/mol. The van der Waals surface area contributed by atoms with Gasteiger partial charge in [0.15, 0.2) is 0 Å². The molecule has 0 heterocycles. The van der Waals surface area contributed by atoms with Crippen LogP contribution in [0.25, 0.3) is 0 Å². The van der Waals surface area contributed by atoms with Crippen molar-refractivity contribution in [2.75, 3.05) is 0 Å². The highest BCUT2D eigenvalue weighted by molar-refractivity contribution is 9.10. The first kappa shape index (κ1) is 16.9. The van der Waals surface area contributed by atoms with Crippen LogP contribution in [0.3, 0.4) is 0 Å². The molecule has 2 N–H and O–H groups in total. The first-order valence-electron chi connectivity index (χ1n) is 6.90. The molecule has 118 valence electrons. The minimum absolute atomic E-state index is 0.0430. The van der Waals surface area contributed by atoms with E-state index in [-0.39, 0.29) is 5.56 Å². The Kier molecular flexibility index (Phi) is 5.07. The van der Waals surface area contributed by atoms with Crippen molar-refractivity contribution in [2.45, 2.75) is 56.1 Å². The molecule has 1 aliphatic carbocycles. The molecule has 1 fully saturated rings. The van der Waals surface area contributed by atoms with Crippen molar-refractivity contribution in [3.8, 4) is 0 Å². The largest absolute Gasteiger partial charge is 0.392 e. The summed E-state index contributed by atoms with van der Waals surface area (Å²) in [5.41, 5.74) is -0.580. The molecule has 4 nitrogen and oxygen atoms in total. The fourth-order valence-electron chi connectivity index (χ4n) is 2.74. The Morgan fingerprint density at radius 2 is 1.95 bits per heavy atom. The average molecular weight is 380 g/mol. The number of sulfonamides is 1. The number of halogens is 2. The summed E-state index contributed by atoms with van der Waals surface area (Å²) in [4.78, 5) is -0.423. The zero-order chi connectivity index (χ0) is 15.7. The van der Waals surface area contributed by atoms with Gasteiger partial charge < -0.3 is 5.11 Å². The van der Waals surface area contributed by atoms with E-state index in [1.165, 1.54) is 12.1 Å². The van der Waals surface area contributed by atoms with E-state index in [0.29, 0.717) is 4.47 Å². The molecule has 1 aromatic rings. The zero-order valence-corrected chi connectivity index (χ0v) is 14.2. The molecular weight excluding hydrogens is 361 g/mol. The standard InChI is InChI=1S/C14H19BrFNO3S/c1-14(5-3-2-4-6-14)17-21(19,20)12-8-11(15)7-10(9-18)13(12)16/h7-8,17-18H,2-6,9H2,1H3. The van der Waals surface area contributed by atoms with Gasteiger partial charge in [-0.15, -0.1) is 0 Å². The van der Waals surface area contributed by atoms with Gasteiger partial charge in [0.25, 0.3) is 0 Å². The molecule has 0 aliphatic heterocycles. The van der Waals surface area contributed by atoms with Crippen LogP contribution in [-0.2, 0) is 16.6 Å². The van der Waals surface area contributed by atoms with Crippen LogP contribution in [0, 0.1) is 5.82 Å². The van der Waals surface area contributed by atoms with Crippen molar-refractivity contribution in [3.05, 3.63) is 28.0 Å². The van der Waals surface area contributed by atoms with Crippen LogP contribution < -0.4 is 4.72 Å². The Morgan fingerprint density at radius 3 is 2.52 bits per heavy atom. The molecule has 1 aliphatic rings. The summed E-state index contributed by atoms with van der Waals surface area (Å²) in [6.45, 7) is 1.30. The van der Waals surface area contributed by atoms with E-state index in [4.69, 9.17) is 5.11 Å². The summed E-state index contributed by atoms with van der Waals surface area (Å²) in [6.07, 6.45) is 4.50. The average Bonchev–Trinajstić information content (AvgIpc) is 2.40. The van der Waals surface area contributed by atoms with Gasteiger partial charge in [-0.3, -0.25) is 0 Å². The summed E-state index contributed by atoms with van der Waals surface area (Å²) in [5.74, 6) is -0.896. The van der Waals surface area contributed by atoms with Gasteiger partial charge in [-0.2, -0.15) is 0 Å². The first-order valence-corrected chi connectivity index (χ1v) is 9.18. The van der Waals surface area contributed by atoms with Crippen molar-refractivity contribution in [1.29, 1.82) is 0 Å². The van der Waals surface area contributed by atoms with E-state index in [1.54, 1.807) is 0 Å². The van der Waals surface area contributed by atoms with Crippen LogP contribution >= 0.6 is 15.9 Å². The first-order chi connectivity index (χ1) is 9.77. The van der Waals surface area contributed by atoms with E-state index < -0.39 is 32.9 Å². The maximum absolute atomic E-state index is 14.2. The third-order valence-electron chi connectivity index (χ3n) is 3.88. The van der Waals surface area contributed by atoms with Crippen molar-refractivity contribution < 1.29 is 17.9 Å². The van der Waals surface area contributed by atoms with Crippen molar-refractivity contribution in [2.24, 2.45) is 0 Å². The third kappa shape index (κ3) is 3.83. The molecule has 0 aromatic heterocycles. The Balaban J connectivity index is 2.38. The lowest BCUT2D eigenvalue weighted by atomic mass is 9.84. The van der Waals surface area contributed by atoms with Gasteiger partial charge in [-0.1, -0.05) is 35.2 Å². The second kappa shape index (κ2) is 6.32. The molecule has 0 radical (unpaired) electrons. The highest BCUT2D eigenvalue weighted by atomic mass is 79.9. The lowest BCUT2D eigenvalue weighted by molar-refractivity contribution is 0.274. The SMILES string of the molecule is CC1(NS(=O)(=O)c2cc(Br)cc(CO)c2F)CCCCC1. The van der Waals surface area contributed by atoms with E-state index in [2.05, 4.69) is 20.7 Å². The topological polar surface area (TPSA) is 66.4 Å².